The van der Waals surface area contributed by atoms with Gasteiger partial charge in [-0.15, -0.1) is 0 Å². The summed E-state index contributed by atoms with van der Waals surface area (Å²) in [6.07, 6.45) is 0. The first-order valence-corrected chi connectivity index (χ1v) is 8.95. The van der Waals surface area contributed by atoms with Crippen LogP contribution in [0.2, 0.25) is 0 Å². The number of hydrogen-bond donors (Lipinski definition) is 3. The number of nitrogens with two attached hydrogens (primary N) is 1. The largest absolute Gasteiger partial charge is 0.490 e. The summed E-state index contributed by atoms with van der Waals surface area (Å²) < 4.78 is 11.2. The Kier molecular flexibility index (Phi) is 6.08. The van der Waals surface area contributed by atoms with Crippen molar-refractivity contribution in [1.82, 2.24) is 15.4 Å². The molecule has 0 bridgehead atoms. The normalized spacial score (nSPS) is 10.4. The number of aromatic nitrogens is 3. The van der Waals surface area contributed by atoms with Gasteiger partial charge in [-0.2, -0.15) is 15.4 Å². The Morgan fingerprint density at radius 1 is 1.10 bits per heavy atom. The third-order valence-corrected chi connectivity index (χ3v) is 3.96. The van der Waals surface area contributed by atoms with Crippen LogP contribution in [0, 0.1) is 6.92 Å². The molecule has 4 N–H and O–H groups in total. The summed E-state index contributed by atoms with van der Waals surface area (Å²) in [7, 11) is 0. The third-order valence-electron chi connectivity index (χ3n) is 3.96. The molecule has 2 aromatic carbocycles. The van der Waals surface area contributed by atoms with E-state index in [-0.39, 0.29) is 18.2 Å². The summed E-state index contributed by atoms with van der Waals surface area (Å²) in [6, 6.07) is 12.5. The van der Waals surface area contributed by atoms with E-state index < -0.39 is 5.91 Å². The van der Waals surface area contributed by atoms with E-state index in [4.69, 9.17) is 15.2 Å². The SMILES string of the molecule is CCOc1cc(-c2n[nH]nc2C(N)=O)ccc1OCC(=O)Nc1cccc(C)c1. The smallest absolute Gasteiger partial charge is 0.271 e. The van der Waals surface area contributed by atoms with E-state index in [1.165, 1.54) is 0 Å². The molecule has 0 aliphatic heterocycles. The van der Waals surface area contributed by atoms with Crippen molar-refractivity contribution in [2.75, 3.05) is 18.5 Å². The van der Waals surface area contributed by atoms with Crippen molar-refractivity contribution in [3.05, 3.63) is 53.7 Å². The number of amides is 2. The van der Waals surface area contributed by atoms with Crippen LogP contribution in [0.5, 0.6) is 11.5 Å². The summed E-state index contributed by atoms with van der Waals surface area (Å²) >= 11 is 0. The van der Waals surface area contributed by atoms with E-state index in [1.54, 1.807) is 24.3 Å². The molecule has 0 atom stereocenters. The number of H-pyrrole nitrogens is 1. The maximum atomic E-state index is 12.2. The molecule has 1 heterocycles. The molecule has 0 radical (unpaired) electrons. The van der Waals surface area contributed by atoms with Gasteiger partial charge >= 0.3 is 0 Å². The standard InChI is InChI=1S/C20H21N5O4/c1-3-28-16-10-13(18-19(20(21)27)24-25-23-18)7-8-15(16)29-11-17(26)22-14-6-4-5-12(2)9-14/h4-10H,3,11H2,1-2H3,(H2,21,27)(H,22,26)(H,23,24,25). The first kappa shape index (κ1) is 19.9. The van der Waals surface area contributed by atoms with Gasteiger partial charge in [-0.05, 0) is 49.7 Å². The van der Waals surface area contributed by atoms with E-state index in [1.807, 2.05) is 32.0 Å². The Hall–Kier alpha value is -3.88. The second-order valence-corrected chi connectivity index (χ2v) is 6.19. The molecule has 3 rings (SSSR count). The van der Waals surface area contributed by atoms with Crippen LogP contribution < -0.4 is 20.5 Å². The highest BCUT2D eigenvalue weighted by atomic mass is 16.5. The average molecular weight is 395 g/mol. The number of aryl methyl sites for hydroxylation is 1. The van der Waals surface area contributed by atoms with Gasteiger partial charge in [0.15, 0.2) is 23.8 Å². The molecule has 150 valence electrons. The number of aromatic amines is 1. The Morgan fingerprint density at radius 2 is 1.93 bits per heavy atom. The van der Waals surface area contributed by atoms with Crippen molar-refractivity contribution in [3.8, 4) is 22.8 Å². The third kappa shape index (κ3) is 4.89. The number of anilines is 1. The minimum absolute atomic E-state index is 0.0265. The predicted molar refractivity (Wildman–Crippen MR) is 107 cm³/mol. The zero-order valence-electron chi connectivity index (χ0n) is 16.1. The van der Waals surface area contributed by atoms with Crippen molar-refractivity contribution >= 4 is 17.5 Å². The molecule has 0 spiro atoms. The Balaban J connectivity index is 1.74. The van der Waals surface area contributed by atoms with Crippen LogP contribution in [0.4, 0.5) is 5.69 Å². The van der Waals surface area contributed by atoms with Gasteiger partial charge in [-0.3, -0.25) is 9.59 Å². The van der Waals surface area contributed by atoms with Crippen molar-refractivity contribution in [2.45, 2.75) is 13.8 Å². The Bertz CT molecular complexity index is 1030. The first-order valence-electron chi connectivity index (χ1n) is 8.95. The van der Waals surface area contributed by atoms with E-state index in [0.717, 1.165) is 5.56 Å². The zero-order chi connectivity index (χ0) is 20.8. The van der Waals surface area contributed by atoms with Gasteiger partial charge in [0.05, 0.1) is 6.61 Å². The topological polar surface area (TPSA) is 132 Å². The number of rotatable bonds is 8. The molecular weight excluding hydrogens is 374 g/mol. The number of carbonyl (C=O) groups is 2. The zero-order valence-corrected chi connectivity index (χ0v) is 16.1. The monoisotopic (exact) mass is 395 g/mol. The molecule has 29 heavy (non-hydrogen) atoms. The summed E-state index contributed by atoms with van der Waals surface area (Å²) in [5, 5.41) is 12.9. The number of carbonyl (C=O) groups excluding carboxylic acids is 2. The summed E-state index contributed by atoms with van der Waals surface area (Å²) in [6.45, 7) is 3.97. The number of ether oxygens (including phenoxy) is 2. The van der Waals surface area contributed by atoms with Gasteiger partial charge < -0.3 is 20.5 Å². The summed E-state index contributed by atoms with van der Waals surface area (Å²) in [4.78, 5) is 23.7. The van der Waals surface area contributed by atoms with Gasteiger partial charge in [0.2, 0.25) is 0 Å². The fourth-order valence-electron chi connectivity index (χ4n) is 2.71. The van der Waals surface area contributed by atoms with E-state index in [0.29, 0.717) is 35.1 Å². The van der Waals surface area contributed by atoms with Gasteiger partial charge in [0, 0.05) is 11.3 Å². The average Bonchev–Trinajstić information content (AvgIpc) is 3.17. The lowest BCUT2D eigenvalue weighted by Gasteiger charge is -2.13. The van der Waals surface area contributed by atoms with E-state index >= 15 is 0 Å². The van der Waals surface area contributed by atoms with Crippen LogP contribution in [0.25, 0.3) is 11.3 Å². The highest BCUT2D eigenvalue weighted by Gasteiger charge is 2.17. The molecule has 9 nitrogen and oxygen atoms in total. The molecular formula is C20H21N5O4. The highest BCUT2D eigenvalue weighted by Crippen LogP contribution is 2.33. The first-order chi connectivity index (χ1) is 14.0. The van der Waals surface area contributed by atoms with E-state index in [9.17, 15) is 9.59 Å². The van der Waals surface area contributed by atoms with Gasteiger partial charge in [0.25, 0.3) is 11.8 Å². The molecule has 0 fully saturated rings. The summed E-state index contributed by atoms with van der Waals surface area (Å²) in [5.74, 6) is -0.194. The van der Waals surface area contributed by atoms with Crippen LogP contribution in [0.15, 0.2) is 42.5 Å². The minimum atomic E-state index is -0.695. The second-order valence-electron chi connectivity index (χ2n) is 6.19. The van der Waals surface area contributed by atoms with Crippen molar-refractivity contribution in [3.63, 3.8) is 0 Å². The molecule has 2 amide bonds. The fraction of sp³-hybridized carbons (Fsp3) is 0.200. The van der Waals surface area contributed by atoms with Crippen molar-refractivity contribution in [2.24, 2.45) is 5.73 Å². The maximum Gasteiger partial charge on any atom is 0.271 e. The second kappa shape index (κ2) is 8.87. The number of hydrogen-bond acceptors (Lipinski definition) is 6. The van der Waals surface area contributed by atoms with Gasteiger partial charge in [-0.25, -0.2) is 0 Å². The molecule has 0 aliphatic rings. The Labute approximate surface area is 167 Å². The predicted octanol–water partition coefficient (Wildman–Crippen LogP) is 2.30. The summed E-state index contributed by atoms with van der Waals surface area (Å²) in [5.41, 5.74) is 7.97. The number of nitrogens with zero attached hydrogens (tertiary/aromatic N) is 2. The fourth-order valence-corrected chi connectivity index (χ4v) is 2.71. The number of benzene rings is 2. The van der Waals surface area contributed by atoms with Crippen LogP contribution >= 0.6 is 0 Å². The molecule has 0 unspecified atom stereocenters. The molecule has 0 saturated heterocycles. The minimum Gasteiger partial charge on any atom is -0.490 e. The van der Waals surface area contributed by atoms with Crippen molar-refractivity contribution < 1.29 is 19.1 Å². The molecule has 0 saturated carbocycles. The van der Waals surface area contributed by atoms with Gasteiger partial charge in [-0.1, -0.05) is 12.1 Å². The van der Waals surface area contributed by atoms with Crippen LogP contribution in [0.3, 0.4) is 0 Å². The molecule has 1 aromatic heterocycles. The van der Waals surface area contributed by atoms with Crippen LogP contribution in [-0.2, 0) is 4.79 Å². The van der Waals surface area contributed by atoms with Gasteiger partial charge in [0.1, 0.15) is 5.69 Å². The van der Waals surface area contributed by atoms with Crippen molar-refractivity contribution in [1.29, 1.82) is 0 Å². The lowest BCUT2D eigenvalue weighted by atomic mass is 10.1. The van der Waals surface area contributed by atoms with Crippen LogP contribution in [-0.4, -0.2) is 40.4 Å². The number of primary amides is 1. The lowest BCUT2D eigenvalue weighted by molar-refractivity contribution is -0.118. The van der Waals surface area contributed by atoms with E-state index in [2.05, 4.69) is 20.7 Å². The van der Waals surface area contributed by atoms with Crippen LogP contribution in [0.1, 0.15) is 23.0 Å². The lowest BCUT2D eigenvalue weighted by Crippen LogP contribution is -2.20. The highest BCUT2D eigenvalue weighted by molar-refractivity contribution is 5.96. The maximum absolute atomic E-state index is 12.2. The molecule has 3 aromatic rings. The molecule has 0 aliphatic carbocycles. The molecule has 9 heteroatoms. The quantitative estimate of drug-likeness (QED) is 0.536. The Morgan fingerprint density at radius 3 is 2.66 bits per heavy atom. The number of nitrogens with one attached hydrogen (secondary N) is 2.